The third kappa shape index (κ3) is 6.92. The highest BCUT2D eigenvalue weighted by molar-refractivity contribution is 8.06. The first-order chi connectivity index (χ1) is 7.46. The first-order valence-electron chi connectivity index (χ1n) is 4.91. The summed E-state index contributed by atoms with van der Waals surface area (Å²) in [5.74, 6) is 0. The molecule has 9 heteroatoms. The molecule has 17 heavy (non-hydrogen) atoms. The predicted molar refractivity (Wildman–Crippen MR) is 71.9 cm³/mol. The summed E-state index contributed by atoms with van der Waals surface area (Å²) >= 11 is 4.67. The first kappa shape index (κ1) is 16.8. The quantitative estimate of drug-likeness (QED) is 0.649. The van der Waals surface area contributed by atoms with Gasteiger partial charge in [-0.15, -0.1) is 0 Å². The Balaban J connectivity index is 4.99. The Bertz CT molecular complexity index is 467. The molecule has 0 aliphatic heterocycles. The topological polar surface area (TPSA) is 97.5 Å². The van der Waals surface area contributed by atoms with Crippen molar-refractivity contribution in [3.63, 3.8) is 0 Å². The summed E-state index contributed by atoms with van der Waals surface area (Å²) in [5.41, 5.74) is 5.30. The van der Waals surface area contributed by atoms with Crippen LogP contribution in [0.3, 0.4) is 0 Å². The number of nitrogens with zero attached hydrogens (tertiary/aromatic N) is 1. The predicted octanol–water partition coefficient (Wildman–Crippen LogP) is -0.295. The van der Waals surface area contributed by atoms with Gasteiger partial charge in [-0.25, -0.2) is 16.8 Å². The number of hydrogen-bond donors (Lipinski definition) is 1. The number of sulfonamides is 1. The summed E-state index contributed by atoms with van der Waals surface area (Å²) in [5, 5.41) is -0.893. The van der Waals surface area contributed by atoms with Crippen molar-refractivity contribution in [2.24, 2.45) is 5.73 Å². The first-order valence-corrected chi connectivity index (χ1v) is 8.99. The van der Waals surface area contributed by atoms with E-state index in [9.17, 15) is 16.8 Å². The van der Waals surface area contributed by atoms with E-state index in [4.69, 9.17) is 5.73 Å². The second-order valence-corrected chi connectivity index (χ2v) is 9.03. The Morgan fingerprint density at radius 3 is 2.06 bits per heavy atom. The van der Waals surface area contributed by atoms with E-state index in [1.165, 1.54) is 0 Å². The summed E-state index contributed by atoms with van der Waals surface area (Å²) in [6.07, 6.45) is 1.12. The number of rotatable bonds is 7. The van der Waals surface area contributed by atoms with Crippen molar-refractivity contribution in [3.05, 3.63) is 0 Å². The Labute approximate surface area is 108 Å². The molecule has 0 unspecified atom stereocenters. The van der Waals surface area contributed by atoms with E-state index >= 15 is 0 Å². The number of thiocarbonyl (C=S) groups is 1. The van der Waals surface area contributed by atoms with Crippen molar-refractivity contribution in [3.8, 4) is 0 Å². The second-order valence-electron chi connectivity index (χ2n) is 4.08. The Morgan fingerprint density at radius 2 is 1.76 bits per heavy atom. The molecular weight excluding hydrogens is 284 g/mol. The van der Waals surface area contributed by atoms with Crippen molar-refractivity contribution < 1.29 is 16.8 Å². The number of hydrogen-bond acceptors (Lipinski definition) is 5. The van der Waals surface area contributed by atoms with Crippen LogP contribution in [-0.2, 0) is 19.9 Å². The van der Waals surface area contributed by atoms with Gasteiger partial charge in [-0.05, 0) is 13.8 Å². The van der Waals surface area contributed by atoms with Crippen LogP contribution < -0.4 is 5.73 Å². The highest BCUT2D eigenvalue weighted by Gasteiger charge is 2.28. The van der Waals surface area contributed by atoms with Crippen molar-refractivity contribution in [1.82, 2.24) is 4.31 Å². The maximum absolute atomic E-state index is 11.9. The van der Waals surface area contributed by atoms with Gasteiger partial charge in [0.25, 0.3) is 0 Å². The molecule has 0 radical (unpaired) electrons. The molecule has 0 saturated carbocycles. The highest BCUT2D eigenvalue weighted by atomic mass is 32.3. The standard InChI is InChI=1S/C8H18N2O4S3/c1-7(2)10(5-4-8(9)15)17(13,14)6-16(3,11)12/h7H,4-6H2,1-3H3,(H2,9,15). The Morgan fingerprint density at radius 1 is 1.29 bits per heavy atom. The van der Waals surface area contributed by atoms with E-state index in [1.54, 1.807) is 13.8 Å². The SMILES string of the molecule is CC(C)N(CCC(N)=S)S(=O)(=O)CS(C)(=O)=O. The van der Waals surface area contributed by atoms with Gasteiger partial charge in [-0.2, -0.15) is 4.31 Å². The Hall–Kier alpha value is -0.250. The maximum Gasteiger partial charge on any atom is 0.228 e. The summed E-state index contributed by atoms with van der Waals surface area (Å²) in [6, 6.07) is -0.337. The van der Waals surface area contributed by atoms with Crippen LogP contribution in [0.1, 0.15) is 20.3 Å². The Kier molecular flexibility index (Phi) is 5.99. The van der Waals surface area contributed by atoms with Gasteiger partial charge in [-0.3, -0.25) is 0 Å². The van der Waals surface area contributed by atoms with Crippen LogP contribution in [-0.4, -0.2) is 50.1 Å². The molecule has 0 atom stereocenters. The molecule has 0 aromatic carbocycles. The molecule has 0 aliphatic rings. The van der Waals surface area contributed by atoms with Crippen molar-refractivity contribution in [2.45, 2.75) is 26.3 Å². The summed E-state index contributed by atoms with van der Waals surface area (Å²) < 4.78 is 46.9. The summed E-state index contributed by atoms with van der Waals surface area (Å²) in [7, 11) is -7.44. The molecule has 0 amide bonds. The van der Waals surface area contributed by atoms with Crippen molar-refractivity contribution in [1.29, 1.82) is 0 Å². The summed E-state index contributed by atoms with van der Waals surface area (Å²) in [6.45, 7) is 3.43. The van der Waals surface area contributed by atoms with Gasteiger partial charge in [0.2, 0.25) is 10.0 Å². The fourth-order valence-electron chi connectivity index (χ4n) is 1.28. The van der Waals surface area contributed by atoms with Crippen LogP contribution in [0.25, 0.3) is 0 Å². The van der Waals surface area contributed by atoms with Crippen LogP contribution in [0.2, 0.25) is 0 Å². The summed E-state index contributed by atoms with van der Waals surface area (Å²) in [4.78, 5) is 0.199. The molecule has 0 bridgehead atoms. The van der Waals surface area contributed by atoms with Gasteiger partial charge in [0.1, 0.15) is 0 Å². The fourth-order valence-corrected chi connectivity index (χ4v) is 5.09. The highest BCUT2D eigenvalue weighted by Crippen LogP contribution is 2.10. The van der Waals surface area contributed by atoms with E-state index in [1.807, 2.05) is 0 Å². The van der Waals surface area contributed by atoms with E-state index in [-0.39, 0.29) is 24.0 Å². The molecule has 6 nitrogen and oxygen atoms in total. The van der Waals surface area contributed by atoms with Gasteiger partial charge in [0, 0.05) is 25.3 Å². The molecule has 0 fully saturated rings. The lowest BCUT2D eigenvalue weighted by molar-refractivity contribution is 0.364. The monoisotopic (exact) mass is 302 g/mol. The molecule has 2 N–H and O–H groups in total. The largest absolute Gasteiger partial charge is 0.393 e. The van der Waals surface area contributed by atoms with Crippen LogP contribution >= 0.6 is 12.2 Å². The fraction of sp³-hybridized carbons (Fsp3) is 0.875. The molecule has 0 aliphatic carbocycles. The van der Waals surface area contributed by atoms with Gasteiger partial charge >= 0.3 is 0 Å². The number of sulfone groups is 1. The molecule has 0 spiro atoms. The zero-order valence-electron chi connectivity index (χ0n) is 10.1. The molecular formula is C8H18N2O4S3. The normalized spacial score (nSPS) is 13.2. The smallest absolute Gasteiger partial charge is 0.228 e. The number of nitrogens with two attached hydrogens (primary N) is 1. The average molecular weight is 302 g/mol. The van der Waals surface area contributed by atoms with E-state index < -0.39 is 24.9 Å². The minimum atomic E-state index is -3.84. The lowest BCUT2D eigenvalue weighted by Crippen LogP contribution is -2.41. The molecule has 0 saturated heterocycles. The molecule has 0 aromatic rings. The van der Waals surface area contributed by atoms with Gasteiger partial charge in [-0.1, -0.05) is 12.2 Å². The second kappa shape index (κ2) is 6.07. The minimum absolute atomic E-state index is 0.102. The van der Waals surface area contributed by atoms with Crippen molar-refractivity contribution >= 4 is 37.1 Å². The molecule has 0 aromatic heterocycles. The van der Waals surface area contributed by atoms with E-state index in [2.05, 4.69) is 12.2 Å². The van der Waals surface area contributed by atoms with Crippen LogP contribution in [0.5, 0.6) is 0 Å². The lowest BCUT2D eigenvalue weighted by Gasteiger charge is -2.25. The third-order valence-corrected chi connectivity index (χ3v) is 6.30. The maximum atomic E-state index is 11.9. The van der Waals surface area contributed by atoms with E-state index in [0.29, 0.717) is 0 Å². The van der Waals surface area contributed by atoms with Gasteiger partial charge in [0.05, 0.1) is 4.99 Å². The molecule has 0 rings (SSSR count). The van der Waals surface area contributed by atoms with Crippen LogP contribution in [0, 0.1) is 0 Å². The van der Waals surface area contributed by atoms with Gasteiger partial charge < -0.3 is 5.73 Å². The van der Waals surface area contributed by atoms with Crippen LogP contribution in [0.15, 0.2) is 0 Å². The van der Waals surface area contributed by atoms with Gasteiger partial charge in [0.15, 0.2) is 14.9 Å². The molecule has 0 heterocycles. The minimum Gasteiger partial charge on any atom is -0.393 e. The van der Waals surface area contributed by atoms with E-state index in [0.717, 1.165) is 10.6 Å². The zero-order chi connectivity index (χ0) is 13.9. The zero-order valence-corrected chi connectivity index (χ0v) is 12.5. The average Bonchev–Trinajstić information content (AvgIpc) is 1.96. The molecule has 102 valence electrons. The third-order valence-electron chi connectivity index (χ3n) is 1.87. The lowest BCUT2D eigenvalue weighted by atomic mass is 10.3. The van der Waals surface area contributed by atoms with Crippen molar-refractivity contribution in [2.75, 3.05) is 17.9 Å². The van der Waals surface area contributed by atoms with Crippen LogP contribution in [0.4, 0.5) is 0 Å².